The zero-order chi connectivity index (χ0) is 48.1. The number of fused-ring (bicyclic) bond motifs is 2. The van der Waals surface area contributed by atoms with Gasteiger partial charge in [-0.3, -0.25) is 24.0 Å². The minimum Gasteiger partial charge on any atom is -0.507 e. The lowest BCUT2D eigenvalue weighted by molar-refractivity contribution is -0.160. The molecule has 66 heavy (non-hydrogen) atoms. The number of hydrogen-bond donors (Lipinski definition) is 5. The quantitative estimate of drug-likeness (QED) is 0.0845. The summed E-state index contributed by atoms with van der Waals surface area (Å²) in [7, 11) is 1.43. The van der Waals surface area contributed by atoms with Gasteiger partial charge in [0.05, 0.1) is 35.2 Å². The third-order valence-electron chi connectivity index (χ3n) is 13.2. The maximum Gasteiger partial charge on any atom is 0.307 e. The molecule has 0 radical (unpaired) electrons. The van der Waals surface area contributed by atoms with Gasteiger partial charge in [-0.2, -0.15) is 0 Å². The minimum absolute atomic E-state index is 0.0321. The van der Waals surface area contributed by atoms with E-state index in [0.29, 0.717) is 31.9 Å². The van der Waals surface area contributed by atoms with Crippen LogP contribution in [0.25, 0.3) is 38.7 Å². The van der Waals surface area contributed by atoms with Crippen molar-refractivity contribution in [3.8, 4) is 11.5 Å². The van der Waals surface area contributed by atoms with Crippen molar-refractivity contribution in [1.82, 2.24) is 9.88 Å². The summed E-state index contributed by atoms with van der Waals surface area (Å²) in [5, 5.41) is 49.0. The third-order valence-corrected chi connectivity index (χ3v) is 13.2. The number of amides is 2. The van der Waals surface area contributed by atoms with Gasteiger partial charge in [0, 0.05) is 105 Å². The number of carbonyl (C=O) groups is 3. The molecule has 18 nitrogen and oxygen atoms in total. The van der Waals surface area contributed by atoms with Crippen LogP contribution in [0.5, 0.6) is 11.5 Å². The summed E-state index contributed by atoms with van der Waals surface area (Å²) in [6.07, 6.45) is 4.18. The van der Waals surface area contributed by atoms with Gasteiger partial charge in [0.15, 0.2) is 22.4 Å². The topological polar surface area (TPSA) is 248 Å². The monoisotopic (exact) mass is 912 g/mol. The Kier molecular flexibility index (Phi) is 13.2. The molecule has 0 unspecified atom stereocenters. The minimum atomic E-state index is -2.00. The number of phenols is 1. The number of esters is 1. The molecular formula is C48H56N4O14. The zero-order valence-electron chi connectivity index (χ0n) is 38.3. The van der Waals surface area contributed by atoms with Crippen molar-refractivity contribution in [2.24, 2.45) is 23.7 Å². The van der Waals surface area contributed by atoms with E-state index in [1.807, 2.05) is 4.90 Å². The first kappa shape index (κ1) is 47.5. The lowest BCUT2D eigenvalue weighted by Crippen LogP contribution is -2.46. The van der Waals surface area contributed by atoms with Crippen LogP contribution in [0, 0.1) is 30.6 Å². The number of anilines is 2. The number of phenolic OH excluding ortho intramolecular Hbond substituents is 1. The molecule has 3 aliphatic rings. The number of rotatable bonds is 4. The molecule has 0 spiro atoms. The van der Waals surface area contributed by atoms with Gasteiger partial charge in [0.1, 0.15) is 28.8 Å². The number of aliphatic hydroxyl groups is 3. The molecule has 0 aliphatic carbocycles. The lowest BCUT2D eigenvalue weighted by atomic mass is 9.78. The molecule has 352 valence electrons. The highest BCUT2D eigenvalue weighted by molar-refractivity contribution is 6.16. The molecule has 18 heteroatoms. The van der Waals surface area contributed by atoms with Crippen LogP contribution in [0.3, 0.4) is 0 Å². The molecule has 3 aromatic carbocycles. The van der Waals surface area contributed by atoms with E-state index in [1.165, 1.54) is 59.3 Å². The van der Waals surface area contributed by atoms with E-state index in [-0.39, 0.29) is 55.1 Å². The van der Waals surface area contributed by atoms with Gasteiger partial charge in [-0.1, -0.05) is 45.9 Å². The summed E-state index contributed by atoms with van der Waals surface area (Å²) in [6.45, 7) is 14.2. The van der Waals surface area contributed by atoms with Crippen LogP contribution in [0.4, 0.5) is 11.4 Å². The van der Waals surface area contributed by atoms with Gasteiger partial charge in [-0.15, -0.1) is 0 Å². The molecule has 7 rings (SSSR count). The van der Waals surface area contributed by atoms with Gasteiger partial charge in [-0.05, 0) is 19.9 Å². The van der Waals surface area contributed by atoms with E-state index in [9.17, 15) is 44.4 Å². The fourth-order valence-corrected chi connectivity index (χ4v) is 9.14. The first-order chi connectivity index (χ1) is 31.2. The number of aliphatic hydroxyl groups excluding tert-OH is 3. The maximum absolute atomic E-state index is 14.8. The van der Waals surface area contributed by atoms with E-state index in [4.69, 9.17) is 28.3 Å². The molecule has 1 saturated heterocycles. The Morgan fingerprint density at radius 2 is 1.65 bits per heavy atom. The summed E-state index contributed by atoms with van der Waals surface area (Å²) >= 11 is 0. The van der Waals surface area contributed by atoms with Crippen molar-refractivity contribution in [2.45, 2.75) is 85.6 Å². The summed E-state index contributed by atoms with van der Waals surface area (Å²) in [5.41, 5.74) is -1.87. The highest BCUT2D eigenvalue weighted by Gasteiger charge is 2.44. The van der Waals surface area contributed by atoms with Crippen molar-refractivity contribution < 1.29 is 58.2 Å². The van der Waals surface area contributed by atoms with Crippen molar-refractivity contribution in [1.29, 1.82) is 0 Å². The van der Waals surface area contributed by atoms with Crippen LogP contribution in [0.1, 0.15) is 54.0 Å². The standard InChI is InChI=1S/C48H56N4O14/c1-22-11-10-12-23(2)47(61)50-38-42(59)34-33(37-45(38)65-32-20-29(19-30(55)36(32)49-37)52-16-14-51(21-53)15-17-52)35-44(27(6)41(34)58)66-48(8,46(35)60)63-18-13-31(62-9)24(3)43(64-28(7)54)26(5)40(57)25(4)39(22)56/h10-13,18-22,24-26,31,39-40,43,56-58,60H,14-17H2,1-9H3,(H,50,61)/b11-10+,18-13-,23-12+/t22-,24+,25+,26+,31-,39-,40+,43+,48-/m0/s1. The molecule has 4 bridgehead atoms. The van der Waals surface area contributed by atoms with E-state index in [2.05, 4.69) is 5.32 Å². The lowest BCUT2D eigenvalue weighted by Gasteiger charge is -2.38. The number of ether oxygens (including phenoxy) is 4. The summed E-state index contributed by atoms with van der Waals surface area (Å²) in [4.78, 5) is 74.8. The van der Waals surface area contributed by atoms with E-state index in [0.717, 1.165) is 6.41 Å². The van der Waals surface area contributed by atoms with Gasteiger partial charge in [-0.25, -0.2) is 4.98 Å². The third kappa shape index (κ3) is 8.44. The summed E-state index contributed by atoms with van der Waals surface area (Å²) in [5.74, 6) is -7.10. The van der Waals surface area contributed by atoms with Gasteiger partial charge in [0.25, 0.3) is 5.91 Å². The van der Waals surface area contributed by atoms with Gasteiger partial charge >= 0.3 is 11.8 Å². The first-order valence-corrected chi connectivity index (χ1v) is 21.8. The van der Waals surface area contributed by atoms with Crippen LogP contribution in [-0.2, 0) is 28.6 Å². The molecule has 3 aliphatic heterocycles. The Morgan fingerprint density at radius 1 is 0.955 bits per heavy atom. The molecule has 0 saturated carbocycles. The Balaban J connectivity index is 1.48. The molecule has 5 N–H and O–H groups in total. The zero-order valence-corrected chi connectivity index (χ0v) is 38.3. The molecule has 9 atom stereocenters. The van der Waals surface area contributed by atoms with Gasteiger partial charge in [0.2, 0.25) is 17.3 Å². The second kappa shape index (κ2) is 18.4. The number of nitrogens with one attached hydrogen (secondary N) is 1. The van der Waals surface area contributed by atoms with Crippen LogP contribution in [0.2, 0.25) is 0 Å². The number of allylic oxidation sites excluding steroid dienone is 2. The van der Waals surface area contributed by atoms with Crippen molar-refractivity contribution in [2.75, 3.05) is 43.5 Å². The number of aromatic nitrogens is 1. The summed E-state index contributed by atoms with van der Waals surface area (Å²) in [6, 6.07) is 2.96. The number of nitrogens with zero attached hydrogens (tertiary/aromatic N) is 3. The number of carbonyl (C=O) groups excluding carboxylic acids is 3. The van der Waals surface area contributed by atoms with Crippen molar-refractivity contribution >= 4 is 68.4 Å². The fraction of sp³-hybridized carbons (Fsp3) is 0.458. The second-order valence-corrected chi connectivity index (χ2v) is 17.7. The largest absolute Gasteiger partial charge is 0.507 e. The average molecular weight is 913 g/mol. The van der Waals surface area contributed by atoms with Crippen molar-refractivity contribution in [3.05, 3.63) is 79.5 Å². The Bertz CT molecular complexity index is 2880. The SMILES string of the molecule is CO[C@H]1/C=C\O[C@@]2(C)Oc3c(C)c(O)c4c(=O)c(c5oc6cc(N7CCN(C=O)CC7)cc(=O)c6nc5c4c3=C2O)NC(=O)/C(C)=C/C=C/[C@H](C)[C@H](O)[C@@H](C)[C@@H](O)[C@@H](C)[C@H](OC(C)=O)[C@@H]1C. The van der Waals surface area contributed by atoms with E-state index < -0.39 is 93.8 Å². The Hall–Kier alpha value is -6.50. The normalized spacial score (nSPS) is 29.6. The Labute approximate surface area is 379 Å². The fourth-order valence-electron chi connectivity index (χ4n) is 9.14. The number of benzene rings is 3. The van der Waals surface area contributed by atoms with Crippen molar-refractivity contribution in [3.63, 3.8) is 0 Å². The predicted molar refractivity (Wildman–Crippen MR) is 245 cm³/mol. The van der Waals surface area contributed by atoms with Crippen LogP contribution < -0.4 is 31.0 Å². The first-order valence-electron chi connectivity index (χ1n) is 21.8. The highest BCUT2D eigenvalue weighted by atomic mass is 16.7. The number of hydrogen-bond acceptors (Lipinski definition) is 16. The maximum atomic E-state index is 14.8. The van der Waals surface area contributed by atoms with Crippen LogP contribution in [0.15, 0.2) is 62.3 Å². The van der Waals surface area contributed by atoms with E-state index in [1.54, 1.807) is 50.8 Å². The molecule has 1 fully saturated rings. The van der Waals surface area contributed by atoms with Gasteiger partial charge < -0.3 is 58.9 Å². The number of aromatic hydroxyl groups is 1. The number of piperazine rings is 1. The van der Waals surface area contributed by atoms with Crippen LogP contribution >= 0.6 is 0 Å². The molecular weight excluding hydrogens is 857 g/mol. The second-order valence-electron chi connectivity index (χ2n) is 17.7. The van der Waals surface area contributed by atoms with E-state index >= 15 is 0 Å². The smallest absolute Gasteiger partial charge is 0.307 e. The Morgan fingerprint density at radius 3 is 2.30 bits per heavy atom. The molecule has 1 aromatic heterocycles. The summed E-state index contributed by atoms with van der Waals surface area (Å²) < 4.78 is 30.4. The predicted octanol–water partition coefficient (Wildman–Crippen LogP) is 3.84. The highest BCUT2D eigenvalue weighted by Crippen LogP contribution is 2.42. The van der Waals surface area contributed by atoms with Crippen LogP contribution in [-0.4, -0.2) is 112 Å². The molecule has 2 amide bonds. The molecule has 4 heterocycles. The number of methoxy groups -OCH3 is 1. The molecule has 4 aromatic rings. The average Bonchev–Trinajstić information content (AvgIpc) is 3.56.